The summed E-state index contributed by atoms with van der Waals surface area (Å²) in [6.07, 6.45) is 3.24. The lowest BCUT2D eigenvalue weighted by Gasteiger charge is -2.38. The van der Waals surface area contributed by atoms with Crippen molar-refractivity contribution in [2.75, 3.05) is 20.1 Å². The smallest absolute Gasteiger partial charge is 0.0219 e. The van der Waals surface area contributed by atoms with Crippen LogP contribution >= 0.6 is 0 Å². The number of likely N-dealkylation sites (tertiary alicyclic amines) is 1. The third-order valence-corrected chi connectivity index (χ3v) is 4.02. The summed E-state index contributed by atoms with van der Waals surface area (Å²) >= 11 is 0. The predicted molar refractivity (Wildman–Crippen MR) is 73.3 cm³/mol. The first-order valence-corrected chi connectivity index (χ1v) is 6.52. The third-order valence-electron chi connectivity index (χ3n) is 4.02. The maximum atomic E-state index is 6.53. The van der Waals surface area contributed by atoms with Gasteiger partial charge in [0.15, 0.2) is 0 Å². The maximum Gasteiger partial charge on any atom is 0.0219 e. The molecule has 0 bridgehead atoms. The van der Waals surface area contributed by atoms with Crippen molar-refractivity contribution in [2.24, 2.45) is 5.73 Å². The summed E-state index contributed by atoms with van der Waals surface area (Å²) in [7, 11) is 2.18. The molecule has 94 valence electrons. The second kappa shape index (κ2) is 4.79. The van der Waals surface area contributed by atoms with Crippen LogP contribution in [0.5, 0.6) is 0 Å². The zero-order valence-electron chi connectivity index (χ0n) is 11.3. The molecule has 17 heavy (non-hydrogen) atoms. The van der Waals surface area contributed by atoms with E-state index in [-0.39, 0.29) is 5.54 Å². The van der Waals surface area contributed by atoms with Gasteiger partial charge in [0.1, 0.15) is 0 Å². The number of nitrogens with zero attached hydrogens (tertiary/aromatic N) is 1. The number of benzene rings is 1. The average Bonchev–Trinajstić information content (AvgIpc) is 2.27. The minimum Gasteiger partial charge on any atom is -0.325 e. The van der Waals surface area contributed by atoms with Gasteiger partial charge >= 0.3 is 0 Å². The van der Waals surface area contributed by atoms with E-state index in [2.05, 4.69) is 44.0 Å². The summed E-state index contributed by atoms with van der Waals surface area (Å²) in [5, 5.41) is 0. The van der Waals surface area contributed by atoms with Gasteiger partial charge in [-0.1, -0.05) is 23.8 Å². The molecule has 0 amide bonds. The normalized spacial score (nSPS) is 20.5. The fourth-order valence-electron chi connectivity index (χ4n) is 2.66. The molecule has 1 aromatic carbocycles. The molecule has 0 aliphatic carbocycles. The lowest BCUT2D eigenvalue weighted by Crippen LogP contribution is -2.50. The van der Waals surface area contributed by atoms with Gasteiger partial charge in [-0.05, 0) is 64.4 Å². The molecule has 0 saturated carbocycles. The number of piperidine rings is 1. The molecule has 0 atom stereocenters. The summed E-state index contributed by atoms with van der Waals surface area (Å²) < 4.78 is 0. The van der Waals surface area contributed by atoms with Crippen LogP contribution < -0.4 is 5.73 Å². The van der Waals surface area contributed by atoms with E-state index in [4.69, 9.17) is 5.73 Å². The lowest BCUT2D eigenvalue weighted by atomic mass is 9.82. The minimum atomic E-state index is 0.00648. The van der Waals surface area contributed by atoms with Crippen LogP contribution in [-0.2, 0) is 6.42 Å². The topological polar surface area (TPSA) is 29.3 Å². The molecule has 2 heteroatoms. The minimum absolute atomic E-state index is 0.00648. The highest BCUT2D eigenvalue weighted by molar-refractivity contribution is 5.31. The van der Waals surface area contributed by atoms with Crippen molar-refractivity contribution in [1.29, 1.82) is 0 Å². The van der Waals surface area contributed by atoms with Crippen LogP contribution in [-0.4, -0.2) is 30.6 Å². The van der Waals surface area contributed by atoms with E-state index in [0.29, 0.717) is 0 Å². The highest BCUT2D eigenvalue weighted by Crippen LogP contribution is 2.25. The van der Waals surface area contributed by atoms with E-state index in [9.17, 15) is 0 Å². The van der Waals surface area contributed by atoms with Crippen molar-refractivity contribution in [2.45, 2.75) is 38.6 Å². The van der Waals surface area contributed by atoms with E-state index in [0.717, 1.165) is 32.4 Å². The Labute approximate surface area is 105 Å². The largest absolute Gasteiger partial charge is 0.325 e. The Balaban J connectivity index is 2.09. The number of hydrogen-bond acceptors (Lipinski definition) is 2. The zero-order chi connectivity index (χ0) is 12.5. The molecule has 1 fully saturated rings. The monoisotopic (exact) mass is 232 g/mol. The molecule has 1 aliphatic rings. The van der Waals surface area contributed by atoms with Crippen LogP contribution in [0.25, 0.3) is 0 Å². The quantitative estimate of drug-likeness (QED) is 0.847. The molecule has 0 aromatic heterocycles. The molecule has 2 nitrogen and oxygen atoms in total. The Bertz CT molecular complexity index is 390. The summed E-state index contributed by atoms with van der Waals surface area (Å²) in [5.41, 5.74) is 10.7. The van der Waals surface area contributed by atoms with E-state index in [1.165, 1.54) is 16.7 Å². The van der Waals surface area contributed by atoms with Gasteiger partial charge in [0.05, 0.1) is 0 Å². The van der Waals surface area contributed by atoms with Gasteiger partial charge in [-0.25, -0.2) is 0 Å². The van der Waals surface area contributed by atoms with Crippen LogP contribution in [0.4, 0.5) is 0 Å². The predicted octanol–water partition coefficient (Wildman–Crippen LogP) is 2.27. The van der Waals surface area contributed by atoms with Crippen LogP contribution in [0.3, 0.4) is 0 Å². The van der Waals surface area contributed by atoms with E-state index in [1.54, 1.807) is 0 Å². The van der Waals surface area contributed by atoms with Gasteiger partial charge in [0.25, 0.3) is 0 Å². The Hall–Kier alpha value is -0.860. The molecule has 0 unspecified atom stereocenters. The molecule has 1 saturated heterocycles. The maximum absolute atomic E-state index is 6.53. The molecule has 1 heterocycles. The van der Waals surface area contributed by atoms with Crippen molar-refractivity contribution >= 4 is 0 Å². The summed E-state index contributed by atoms with van der Waals surface area (Å²) in [4.78, 5) is 2.37. The van der Waals surface area contributed by atoms with Crippen LogP contribution in [0.2, 0.25) is 0 Å². The Kier molecular flexibility index (Phi) is 3.55. The lowest BCUT2D eigenvalue weighted by molar-refractivity contribution is 0.190. The Morgan fingerprint density at radius 2 is 1.88 bits per heavy atom. The Morgan fingerprint density at radius 3 is 2.47 bits per heavy atom. The first-order valence-electron chi connectivity index (χ1n) is 6.52. The molecular formula is C15H24N2. The highest BCUT2D eigenvalue weighted by Gasteiger charge is 2.29. The molecule has 0 radical (unpaired) electrons. The standard InChI is InChI=1S/C15H24N2/c1-12-4-5-14(13(2)10-12)11-15(16)6-8-17(3)9-7-15/h4-5,10H,6-9,11,16H2,1-3H3. The van der Waals surface area contributed by atoms with Gasteiger partial charge in [0, 0.05) is 5.54 Å². The van der Waals surface area contributed by atoms with Crippen molar-refractivity contribution in [1.82, 2.24) is 4.90 Å². The first-order chi connectivity index (χ1) is 7.98. The molecule has 2 N–H and O–H groups in total. The van der Waals surface area contributed by atoms with Gasteiger partial charge in [-0.15, -0.1) is 0 Å². The third kappa shape index (κ3) is 3.08. The summed E-state index contributed by atoms with van der Waals surface area (Å²) in [5.74, 6) is 0. The SMILES string of the molecule is Cc1ccc(CC2(N)CCN(C)CC2)c(C)c1. The number of aryl methyl sites for hydroxylation is 2. The molecular weight excluding hydrogens is 208 g/mol. The molecule has 0 spiro atoms. The van der Waals surface area contributed by atoms with Crippen molar-refractivity contribution in [3.8, 4) is 0 Å². The summed E-state index contributed by atoms with van der Waals surface area (Å²) in [6.45, 7) is 6.59. The molecule has 1 aliphatic heterocycles. The fourth-order valence-corrected chi connectivity index (χ4v) is 2.66. The number of hydrogen-bond donors (Lipinski definition) is 1. The number of rotatable bonds is 2. The second-order valence-electron chi connectivity index (χ2n) is 5.77. The van der Waals surface area contributed by atoms with Crippen LogP contribution in [0.15, 0.2) is 18.2 Å². The van der Waals surface area contributed by atoms with E-state index >= 15 is 0 Å². The molecule has 1 aromatic rings. The van der Waals surface area contributed by atoms with Gasteiger partial charge < -0.3 is 10.6 Å². The second-order valence-corrected chi connectivity index (χ2v) is 5.77. The fraction of sp³-hybridized carbons (Fsp3) is 0.600. The van der Waals surface area contributed by atoms with E-state index in [1.807, 2.05) is 0 Å². The zero-order valence-corrected chi connectivity index (χ0v) is 11.3. The van der Waals surface area contributed by atoms with E-state index < -0.39 is 0 Å². The van der Waals surface area contributed by atoms with Gasteiger partial charge in [0.2, 0.25) is 0 Å². The number of nitrogens with two attached hydrogens (primary N) is 1. The highest BCUT2D eigenvalue weighted by atomic mass is 15.1. The van der Waals surface area contributed by atoms with Crippen molar-refractivity contribution < 1.29 is 0 Å². The van der Waals surface area contributed by atoms with Gasteiger partial charge in [-0.2, -0.15) is 0 Å². The van der Waals surface area contributed by atoms with Crippen molar-refractivity contribution in [3.63, 3.8) is 0 Å². The van der Waals surface area contributed by atoms with Crippen LogP contribution in [0.1, 0.15) is 29.5 Å². The van der Waals surface area contributed by atoms with Gasteiger partial charge in [-0.3, -0.25) is 0 Å². The van der Waals surface area contributed by atoms with Crippen molar-refractivity contribution in [3.05, 3.63) is 34.9 Å². The summed E-state index contributed by atoms with van der Waals surface area (Å²) in [6, 6.07) is 6.70. The average molecular weight is 232 g/mol. The molecule has 2 rings (SSSR count). The first kappa shape index (κ1) is 12.6. The Morgan fingerprint density at radius 1 is 1.24 bits per heavy atom. The van der Waals surface area contributed by atoms with Crippen LogP contribution in [0, 0.1) is 13.8 Å².